The molecule has 24 heavy (non-hydrogen) atoms. The normalized spacial score (nSPS) is 14.0. The lowest BCUT2D eigenvalue weighted by Gasteiger charge is -2.28. The topological polar surface area (TPSA) is 102 Å². The smallest absolute Gasteiger partial charge is 0.320 e. The van der Waals surface area contributed by atoms with E-state index >= 15 is 0 Å². The third kappa shape index (κ3) is 3.23. The van der Waals surface area contributed by atoms with Crippen molar-refractivity contribution in [2.24, 2.45) is 5.73 Å². The molecule has 6 heteroatoms. The lowest BCUT2D eigenvalue weighted by molar-refractivity contribution is -0.138. The molecule has 3 rings (SSSR count). The molecule has 1 amide bonds. The van der Waals surface area contributed by atoms with Gasteiger partial charge in [-0.1, -0.05) is 36.4 Å². The van der Waals surface area contributed by atoms with Gasteiger partial charge >= 0.3 is 5.97 Å². The van der Waals surface area contributed by atoms with Crippen LogP contribution >= 0.6 is 0 Å². The molecule has 0 radical (unpaired) electrons. The van der Waals surface area contributed by atoms with Crippen molar-refractivity contribution in [1.82, 2.24) is 5.32 Å². The highest BCUT2D eigenvalue weighted by Crippen LogP contribution is 2.42. The first-order valence-corrected chi connectivity index (χ1v) is 7.69. The molecule has 4 N–H and O–H groups in total. The molecule has 0 aliphatic carbocycles. The Labute approximate surface area is 139 Å². The number of fused-ring (bicyclic) bond motifs is 2. The summed E-state index contributed by atoms with van der Waals surface area (Å²) in [4.78, 5) is 23.0. The van der Waals surface area contributed by atoms with Crippen molar-refractivity contribution in [2.45, 2.75) is 24.9 Å². The van der Waals surface area contributed by atoms with Crippen molar-refractivity contribution in [3.63, 3.8) is 0 Å². The molecule has 2 aromatic carbocycles. The van der Waals surface area contributed by atoms with E-state index in [0.29, 0.717) is 11.5 Å². The Morgan fingerprint density at radius 3 is 2.17 bits per heavy atom. The molecule has 1 aliphatic heterocycles. The van der Waals surface area contributed by atoms with Crippen LogP contribution in [0, 0.1) is 0 Å². The average molecular weight is 326 g/mol. The molecule has 6 nitrogen and oxygen atoms in total. The zero-order chi connectivity index (χ0) is 17.1. The van der Waals surface area contributed by atoms with E-state index in [0.717, 1.165) is 11.1 Å². The van der Waals surface area contributed by atoms with E-state index in [-0.39, 0.29) is 24.8 Å². The van der Waals surface area contributed by atoms with Crippen molar-refractivity contribution in [2.75, 3.05) is 0 Å². The summed E-state index contributed by atoms with van der Waals surface area (Å²) in [5, 5.41) is 11.8. The maximum atomic E-state index is 12.3. The Bertz CT molecular complexity index is 730. The second-order valence-electron chi connectivity index (χ2n) is 5.66. The van der Waals surface area contributed by atoms with Gasteiger partial charge in [0.25, 0.3) is 0 Å². The molecular weight excluding hydrogens is 308 g/mol. The molecule has 0 saturated carbocycles. The Morgan fingerprint density at radius 2 is 1.62 bits per heavy atom. The minimum Gasteiger partial charge on any atom is -0.480 e. The van der Waals surface area contributed by atoms with Gasteiger partial charge in [-0.15, -0.1) is 0 Å². The summed E-state index contributed by atoms with van der Waals surface area (Å²) < 4.78 is 5.87. The Morgan fingerprint density at radius 1 is 1.08 bits per heavy atom. The average Bonchev–Trinajstić information content (AvgIpc) is 2.59. The van der Waals surface area contributed by atoms with E-state index in [2.05, 4.69) is 5.32 Å². The van der Waals surface area contributed by atoms with Gasteiger partial charge in [0.15, 0.2) is 0 Å². The molecule has 1 heterocycles. The van der Waals surface area contributed by atoms with Crippen LogP contribution in [0.4, 0.5) is 0 Å². The van der Waals surface area contributed by atoms with Crippen LogP contribution in [0.2, 0.25) is 0 Å². The summed E-state index contributed by atoms with van der Waals surface area (Å²) in [5.41, 5.74) is 7.19. The molecule has 0 bridgehead atoms. The second kappa shape index (κ2) is 6.72. The minimum absolute atomic E-state index is 0.0508. The van der Waals surface area contributed by atoms with E-state index in [1.165, 1.54) is 0 Å². The van der Waals surface area contributed by atoms with Gasteiger partial charge in [-0.3, -0.25) is 9.59 Å². The van der Waals surface area contributed by atoms with Gasteiger partial charge in [0.1, 0.15) is 17.5 Å². The lowest BCUT2D eigenvalue weighted by Crippen LogP contribution is -2.34. The van der Waals surface area contributed by atoms with Gasteiger partial charge in [-0.2, -0.15) is 0 Å². The van der Waals surface area contributed by atoms with E-state index < -0.39 is 12.0 Å². The van der Waals surface area contributed by atoms with E-state index in [9.17, 15) is 9.59 Å². The third-order valence-corrected chi connectivity index (χ3v) is 3.98. The maximum absolute atomic E-state index is 12.3. The number of para-hydroxylation sites is 2. The predicted molar refractivity (Wildman–Crippen MR) is 87.8 cm³/mol. The molecule has 2 aromatic rings. The number of rotatable bonds is 5. The molecule has 0 unspecified atom stereocenters. The fraction of sp³-hybridized carbons (Fsp3) is 0.222. The number of aliphatic carboxylic acids is 1. The zero-order valence-electron chi connectivity index (χ0n) is 12.9. The second-order valence-corrected chi connectivity index (χ2v) is 5.66. The summed E-state index contributed by atoms with van der Waals surface area (Å²) in [6.07, 6.45) is 0.142. The number of hydrogen-bond donors (Lipinski definition) is 3. The monoisotopic (exact) mass is 326 g/mol. The molecule has 1 atom stereocenters. The van der Waals surface area contributed by atoms with Gasteiger partial charge in [-0.25, -0.2) is 0 Å². The number of nitrogens with two attached hydrogens (primary N) is 1. The number of carbonyl (C=O) groups is 2. The summed E-state index contributed by atoms with van der Waals surface area (Å²) in [5.74, 6) is 0.0419. The molecule has 0 spiro atoms. The van der Waals surface area contributed by atoms with Crippen LogP contribution in [-0.4, -0.2) is 23.0 Å². The molecule has 0 saturated heterocycles. The van der Waals surface area contributed by atoms with Crippen molar-refractivity contribution in [3.8, 4) is 11.5 Å². The zero-order valence-corrected chi connectivity index (χ0v) is 12.9. The molecular formula is C18H18N2O4. The number of hydrogen-bond acceptors (Lipinski definition) is 4. The van der Waals surface area contributed by atoms with Gasteiger partial charge in [0.2, 0.25) is 5.91 Å². The van der Waals surface area contributed by atoms with Crippen molar-refractivity contribution in [1.29, 1.82) is 0 Å². The number of carboxylic acid groups (broad SMARTS) is 1. The van der Waals surface area contributed by atoms with Crippen LogP contribution in [0.1, 0.15) is 30.0 Å². The quantitative estimate of drug-likeness (QED) is 0.782. The van der Waals surface area contributed by atoms with Gasteiger partial charge < -0.3 is 20.9 Å². The number of nitrogens with one attached hydrogen (secondary N) is 1. The summed E-state index contributed by atoms with van der Waals surface area (Å²) >= 11 is 0. The van der Waals surface area contributed by atoms with Crippen molar-refractivity contribution < 1.29 is 19.4 Å². The van der Waals surface area contributed by atoms with Crippen molar-refractivity contribution in [3.05, 3.63) is 59.7 Å². The number of amides is 1. The van der Waals surface area contributed by atoms with Crippen LogP contribution in [-0.2, 0) is 9.59 Å². The van der Waals surface area contributed by atoms with Crippen LogP contribution in [0.15, 0.2) is 48.5 Å². The highest BCUT2D eigenvalue weighted by atomic mass is 16.5. The third-order valence-electron chi connectivity index (χ3n) is 3.98. The fourth-order valence-corrected chi connectivity index (χ4v) is 2.71. The maximum Gasteiger partial charge on any atom is 0.320 e. The number of benzene rings is 2. The Kier molecular flexibility index (Phi) is 4.48. The Balaban J connectivity index is 1.80. The Hall–Kier alpha value is -2.86. The first-order chi connectivity index (χ1) is 11.6. The first kappa shape index (κ1) is 16.0. The summed E-state index contributed by atoms with van der Waals surface area (Å²) in [7, 11) is 0. The molecule has 1 aliphatic rings. The van der Waals surface area contributed by atoms with Crippen LogP contribution in [0.25, 0.3) is 0 Å². The van der Waals surface area contributed by atoms with E-state index in [4.69, 9.17) is 15.6 Å². The van der Waals surface area contributed by atoms with Crippen molar-refractivity contribution >= 4 is 11.9 Å². The minimum atomic E-state index is -1.11. The first-order valence-electron chi connectivity index (χ1n) is 7.69. The molecule has 0 aromatic heterocycles. The number of carbonyl (C=O) groups excluding carboxylic acids is 1. The standard InChI is InChI=1S/C18H18N2O4/c19-13(18(22)23)9-10-16(21)20-17-11-5-1-3-7-14(11)24-15-8-4-2-6-12(15)17/h1-8,13,17H,9-10,19H2,(H,20,21)(H,22,23)/t13-/m0/s1. The summed E-state index contributed by atoms with van der Waals surface area (Å²) in [6.45, 7) is 0. The number of carboxylic acids is 1. The van der Waals surface area contributed by atoms with E-state index in [1.807, 2.05) is 48.5 Å². The highest BCUT2D eigenvalue weighted by Gasteiger charge is 2.28. The van der Waals surface area contributed by atoms with Gasteiger partial charge in [0, 0.05) is 17.5 Å². The fourth-order valence-electron chi connectivity index (χ4n) is 2.71. The highest BCUT2D eigenvalue weighted by molar-refractivity contribution is 5.79. The number of ether oxygens (including phenoxy) is 1. The molecule has 0 fully saturated rings. The lowest BCUT2D eigenvalue weighted by atomic mass is 9.94. The van der Waals surface area contributed by atoms with Gasteiger partial charge in [-0.05, 0) is 18.6 Å². The van der Waals surface area contributed by atoms with Crippen LogP contribution < -0.4 is 15.8 Å². The van der Waals surface area contributed by atoms with Crippen LogP contribution in [0.5, 0.6) is 11.5 Å². The SMILES string of the molecule is N[C@@H](CCC(=O)NC1c2ccccc2Oc2ccccc21)C(=O)O. The van der Waals surface area contributed by atoms with E-state index in [1.54, 1.807) is 0 Å². The predicted octanol–water partition coefficient (Wildman–Crippen LogP) is 2.19. The molecule has 124 valence electrons. The largest absolute Gasteiger partial charge is 0.480 e. The summed E-state index contributed by atoms with van der Waals surface area (Å²) in [6, 6.07) is 13.7. The van der Waals surface area contributed by atoms with Crippen LogP contribution in [0.3, 0.4) is 0 Å². The van der Waals surface area contributed by atoms with Gasteiger partial charge in [0.05, 0.1) is 6.04 Å².